The van der Waals surface area contributed by atoms with Crippen molar-refractivity contribution in [2.24, 2.45) is 0 Å². The highest BCUT2D eigenvalue weighted by Crippen LogP contribution is 2.22. The summed E-state index contributed by atoms with van der Waals surface area (Å²) in [5.74, 6) is -0.265. The lowest BCUT2D eigenvalue weighted by molar-refractivity contribution is 0.0201. The molecule has 0 amide bonds. The molecule has 2 atom stereocenters. The van der Waals surface area contributed by atoms with Gasteiger partial charge in [0.05, 0.1) is 6.10 Å². The van der Waals surface area contributed by atoms with Crippen LogP contribution < -0.4 is 5.32 Å². The second-order valence-electron chi connectivity index (χ2n) is 4.04. The second-order valence-corrected chi connectivity index (χ2v) is 4.04. The molecule has 0 spiro atoms. The van der Waals surface area contributed by atoms with Gasteiger partial charge in [-0.2, -0.15) is 0 Å². The lowest BCUT2D eigenvalue weighted by atomic mass is 9.99. The van der Waals surface area contributed by atoms with Crippen LogP contribution in [0.3, 0.4) is 0 Å². The number of likely N-dealkylation sites (N-methyl/N-ethyl adjacent to an activating group) is 1. The zero-order chi connectivity index (χ0) is 12.3. The Hall–Kier alpha value is -0.970. The van der Waals surface area contributed by atoms with Crippen molar-refractivity contribution in [3.63, 3.8) is 0 Å². The number of hydrogen-bond acceptors (Lipinski definition) is 3. The molecule has 0 bridgehead atoms. The summed E-state index contributed by atoms with van der Waals surface area (Å²) in [5, 5.41) is 22.2. The Kier molecular flexibility index (Phi) is 4.41. The van der Waals surface area contributed by atoms with Crippen LogP contribution in [0.4, 0.5) is 4.39 Å². The Balaban J connectivity index is 2.96. The number of rotatable bonds is 4. The van der Waals surface area contributed by atoms with Gasteiger partial charge in [-0.15, -0.1) is 0 Å². The first-order chi connectivity index (χ1) is 7.47. The topological polar surface area (TPSA) is 52.5 Å². The maximum Gasteiger partial charge on any atom is 0.129 e. The zero-order valence-electron chi connectivity index (χ0n) is 9.79. The number of aliphatic hydroxyl groups excluding tert-OH is 2. The van der Waals surface area contributed by atoms with Crippen LogP contribution in [0.25, 0.3) is 0 Å². The fraction of sp³-hybridized carbons (Fsp3) is 0.500. The van der Waals surface area contributed by atoms with Crippen molar-refractivity contribution in [3.05, 3.63) is 34.6 Å². The maximum atomic E-state index is 13.4. The van der Waals surface area contributed by atoms with Gasteiger partial charge in [0.2, 0.25) is 0 Å². The van der Waals surface area contributed by atoms with E-state index < -0.39 is 12.2 Å². The Labute approximate surface area is 94.9 Å². The quantitative estimate of drug-likeness (QED) is 0.721. The molecule has 3 N–H and O–H groups in total. The van der Waals surface area contributed by atoms with Gasteiger partial charge in [-0.25, -0.2) is 4.39 Å². The van der Waals surface area contributed by atoms with Crippen molar-refractivity contribution in [1.29, 1.82) is 0 Å². The van der Waals surface area contributed by atoms with E-state index in [1.807, 2.05) is 0 Å². The van der Waals surface area contributed by atoms with Crippen LogP contribution in [-0.2, 0) is 0 Å². The van der Waals surface area contributed by atoms with E-state index in [4.69, 9.17) is 0 Å². The minimum atomic E-state index is -0.995. The predicted octanol–water partition coefficient (Wildman–Crippen LogP) is 1.06. The van der Waals surface area contributed by atoms with E-state index in [9.17, 15) is 14.6 Å². The standard InChI is InChI=1S/C12H18FNO2/c1-7-4-9(5-8(2)11(7)13)12(16)10(15)6-14-3/h4-5,10,12,14-16H,6H2,1-3H3. The van der Waals surface area contributed by atoms with Gasteiger partial charge >= 0.3 is 0 Å². The summed E-state index contributed by atoms with van der Waals surface area (Å²) in [7, 11) is 1.69. The number of aliphatic hydroxyl groups is 2. The minimum Gasteiger partial charge on any atom is -0.389 e. The van der Waals surface area contributed by atoms with Crippen molar-refractivity contribution in [3.8, 4) is 0 Å². The second kappa shape index (κ2) is 5.39. The lowest BCUT2D eigenvalue weighted by Gasteiger charge is -2.19. The Morgan fingerprint density at radius 1 is 1.25 bits per heavy atom. The summed E-state index contributed by atoms with van der Waals surface area (Å²) in [5.41, 5.74) is 1.50. The van der Waals surface area contributed by atoms with E-state index in [-0.39, 0.29) is 12.4 Å². The zero-order valence-corrected chi connectivity index (χ0v) is 9.79. The number of benzene rings is 1. The van der Waals surface area contributed by atoms with Gasteiger partial charge in [0.15, 0.2) is 0 Å². The van der Waals surface area contributed by atoms with Gasteiger partial charge in [-0.1, -0.05) is 12.1 Å². The molecule has 90 valence electrons. The lowest BCUT2D eigenvalue weighted by Crippen LogP contribution is -2.29. The average molecular weight is 227 g/mol. The van der Waals surface area contributed by atoms with Gasteiger partial charge in [0.1, 0.15) is 11.9 Å². The van der Waals surface area contributed by atoms with Gasteiger partial charge in [-0.3, -0.25) is 0 Å². The molecule has 1 aromatic rings. The number of hydrogen-bond donors (Lipinski definition) is 3. The number of halogens is 1. The van der Waals surface area contributed by atoms with Crippen LogP contribution in [0.15, 0.2) is 12.1 Å². The molecule has 0 saturated heterocycles. The normalized spacial score (nSPS) is 14.9. The predicted molar refractivity (Wildman–Crippen MR) is 60.8 cm³/mol. The highest BCUT2D eigenvalue weighted by Gasteiger charge is 2.19. The number of aryl methyl sites for hydroxylation is 2. The van der Waals surface area contributed by atoms with Gasteiger partial charge in [0.25, 0.3) is 0 Å². The molecule has 4 heteroatoms. The summed E-state index contributed by atoms with van der Waals surface area (Å²) in [6, 6.07) is 3.12. The third-order valence-corrected chi connectivity index (χ3v) is 2.58. The molecule has 0 aliphatic carbocycles. The van der Waals surface area contributed by atoms with Crippen LogP contribution in [0.1, 0.15) is 22.8 Å². The van der Waals surface area contributed by atoms with Crippen LogP contribution in [-0.4, -0.2) is 29.9 Å². The van der Waals surface area contributed by atoms with Crippen LogP contribution in [0.2, 0.25) is 0 Å². The van der Waals surface area contributed by atoms with Crippen molar-refractivity contribution in [2.75, 3.05) is 13.6 Å². The molecular formula is C12H18FNO2. The molecule has 0 radical (unpaired) electrons. The fourth-order valence-electron chi connectivity index (χ4n) is 1.69. The van der Waals surface area contributed by atoms with E-state index >= 15 is 0 Å². The molecule has 0 aromatic heterocycles. The first kappa shape index (κ1) is 13.1. The van der Waals surface area contributed by atoms with Gasteiger partial charge in [0, 0.05) is 6.54 Å². The highest BCUT2D eigenvalue weighted by atomic mass is 19.1. The monoisotopic (exact) mass is 227 g/mol. The van der Waals surface area contributed by atoms with E-state index in [0.29, 0.717) is 16.7 Å². The SMILES string of the molecule is CNCC(O)C(O)c1cc(C)c(F)c(C)c1. The Morgan fingerprint density at radius 2 is 1.75 bits per heavy atom. The van der Waals surface area contributed by atoms with Crippen LogP contribution >= 0.6 is 0 Å². The molecule has 2 unspecified atom stereocenters. The summed E-state index contributed by atoms with van der Waals surface area (Å²) in [6.07, 6.45) is -1.89. The van der Waals surface area contributed by atoms with Gasteiger partial charge < -0.3 is 15.5 Å². The van der Waals surface area contributed by atoms with E-state index in [1.165, 1.54) is 0 Å². The summed E-state index contributed by atoms with van der Waals surface area (Å²) in [6.45, 7) is 3.57. The van der Waals surface area contributed by atoms with Crippen molar-refractivity contribution in [2.45, 2.75) is 26.1 Å². The van der Waals surface area contributed by atoms with Crippen molar-refractivity contribution in [1.82, 2.24) is 5.32 Å². The highest BCUT2D eigenvalue weighted by molar-refractivity contribution is 5.32. The van der Waals surface area contributed by atoms with Crippen molar-refractivity contribution < 1.29 is 14.6 Å². The summed E-state index contributed by atoms with van der Waals surface area (Å²) in [4.78, 5) is 0. The molecule has 0 fully saturated rings. The van der Waals surface area contributed by atoms with E-state index in [1.54, 1.807) is 33.0 Å². The average Bonchev–Trinajstić information content (AvgIpc) is 2.24. The summed E-state index contributed by atoms with van der Waals surface area (Å²) >= 11 is 0. The largest absolute Gasteiger partial charge is 0.389 e. The van der Waals surface area contributed by atoms with Crippen LogP contribution in [0, 0.1) is 19.7 Å². The molecule has 0 saturated carbocycles. The molecule has 16 heavy (non-hydrogen) atoms. The molecular weight excluding hydrogens is 209 g/mol. The molecule has 3 nitrogen and oxygen atoms in total. The third kappa shape index (κ3) is 2.78. The molecule has 1 aromatic carbocycles. The molecule has 0 aliphatic heterocycles. The maximum absolute atomic E-state index is 13.4. The molecule has 0 aliphatic rings. The first-order valence-electron chi connectivity index (χ1n) is 5.24. The molecule has 1 rings (SSSR count). The first-order valence-corrected chi connectivity index (χ1v) is 5.24. The van der Waals surface area contributed by atoms with Crippen molar-refractivity contribution >= 4 is 0 Å². The fourth-order valence-corrected chi connectivity index (χ4v) is 1.69. The van der Waals surface area contributed by atoms with Crippen LogP contribution in [0.5, 0.6) is 0 Å². The van der Waals surface area contributed by atoms with Gasteiger partial charge in [-0.05, 0) is 37.6 Å². The number of nitrogens with one attached hydrogen (secondary N) is 1. The third-order valence-electron chi connectivity index (χ3n) is 2.58. The smallest absolute Gasteiger partial charge is 0.129 e. The Morgan fingerprint density at radius 3 is 2.19 bits per heavy atom. The Bertz CT molecular complexity index is 345. The molecule has 0 heterocycles. The van der Waals surface area contributed by atoms with E-state index in [2.05, 4.69) is 5.32 Å². The summed E-state index contributed by atoms with van der Waals surface area (Å²) < 4.78 is 13.4. The van der Waals surface area contributed by atoms with E-state index in [0.717, 1.165) is 0 Å². The minimum absolute atomic E-state index is 0.265.